The topological polar surface area (TPSA) is 97.2 Å². The van der Waals surface area contributed by atoms with Crippen LogP contribution in [0, 0.1) is 0 Å². The molecule has 0 saturated carbocycles. The van der Waals surface area contributed by atoms with Gasteiger partial charge < -0.3 is 14.7 Å². The number of amides is 1. The van der Waals surface area contributed by atoms with Crippen molar-refractivity contribution in [2.75, 3.05) is 5.32 Å². The van der Waals surface area contributed by atoms with Crippen LogP contribution in [0.1, 0.15) is 43.6 Å². The van der Waals surface area contributed by atoms with E-state index >= 15 is 0 Å². The second kappa shape index (κ2) is 10.5. The lowest BCUT2D eigenvalue weighted by Gasteiger charge is -2.20. The molecule has 0 aromatic heterocycles. The van der Waals surface area contributed by atoms with Crippen LogP contribution in [0.2, 0.25) is 0 Å². The molecule has 2 N–H and O–H groups in total. The zero-order valence-corrected chi connectivity index (χ0v) is 18.7. The second-order valence-electron chi connectivity index (χ2n) is 8.26. The molecule has 3 aromatic rings. The van der Waals surface area contributed by atoms with E-state index < -0.39 is 23.8 Å². The van der Waals surface area contributed by atoms with E-state index in [1.165, 1.54) is 0 Å². The maximum Gasteiger partial charge on any atom is 0.412 e. The lowest BCUT2D eigenvalue weighted by Crippen LogP contribution is -2.27. The van der Waals surface area contributed by atoms with Gasteiger partial charge in [0.2, 0.25) is 0 Å². The summed E-state index contributed by atoms with van der Waals surface area (Å²) in [7, 11) is 0. The van der Waals surface area contributed by atoms with Crippen LogP contribution in [0.15, 0.2) is 90.1 Å². The third kappa shape index (κ3) is 6.67. The number of esters is 1. The van der Waals surface area contributed by atoms with E-state index in [0.717, 1.165) is 11.1 Å². The second-order valence-corrected chi connectivity index (χ2v) is 8.26. The molecule has 1 amide bonds. The molecule has 0 heterocycles. The highest BCUT2D eigenvalue weighted by molar-refractivity contribution is 6.43. The Morgan fingerprint density at radius 3 is 1.82 bits per heavy atom. The van der Waals surface area contributed by atoms with Crippen molar-refractivity contribution in [2.45, 2.75) is 32.5 Å². The number of anilines is 1. The Bertz CT molecular complexity index is 1070. The summed E-state index contributed by atoms with van der Waals surface area (Å²) in [4.78, 5) is 24.9. The van der Waals surface area contributed by atoms with Crippen LogP contribution in [0.25, 0.3) is 0 Å². The fourth-order valence-corrected chi connectivity index (χ4v) is 3.10. The van der Waals surface area contributed by atoms with Crippen molar-refractivity contribution in [1.82, 2.24) is 0 Å². The number of carbonyl (C=O) groups is 2. The number of ether oxygens (including phenoxy) is 2. The van der Waals surface area contributed by atoms with E-state index in [0.29, 0.717) is 11.3 Å². The van der Waals surface area contributed by atoms with Crippen molar-refractivity contribution < 1.29 is 24.3 Å². The van der Waals surface area contributed by atoms with Crippen molar-refractivity contribution in [3.8, 4) is 0 Å². The van der Waals surface area contributed by atoms with Gasteiger partial charge >= 0.3 is 12.1 Å². The van der Waals surface area contributed by atoms with Crippen molar-refractivity contribution in [2.24, 2.45) is 5.16 Å². The SMILES string of the molecule is CC(C)(C)OC(=O)Nc1ccc(/C(=N/O)C(=O)OC(c2ccccc2)c2ccccc2)cc1. The minimum Gasteiger partial charge on any atom is -0.448 e. The van der Waals surface area contributed by atoms with Gasteiger partial charge in [0.05, 0.1) is 0 Å². The molecule has 170 valence electrons. The van der Waals surface area contributed by atoms with E-state index in [1.807, 2.05) is 60.7 Å². The molecule has 7 heteroatoms. The molecule has 0 radical (unpaired) electrons. The molecule has 0 aliphatic rings. The normalized spacial score (nSPS) is 11.7. The minimum atomic E-state index is -0.789. The van der Waals surface area contributed by atoms with Gasteiger partial charge in [-0.2, -0.15) is 0 Å². The van der Waals surface area contributed by atoms with Crippen molar-refractivity contribution >= 4 is 23.5 Å². The van der Waals surface area contributed by atoms with E-state index in [-0.39, 0.29) is 5.71 Å². The van der Waals surface area contributed by atoms with Gasteiger partial charge in [0.25, 0.3) is 0 Å². The molecular weight excluding hydrogens is 420 g/mol. The summed E-state index contributed by atoms with van der Waals surface area (Å²) in [5, 5.41) is 15.3. The van der Waals surface area contributed by atoms with Gasteiger partial charge in [-0.25, -0.2) is 9.59 Å². The van der Waals surface area contributed by atoms with Gasteiger partial charge in [0.15, 0.2) is 11.8 Å². The van der Waals surface area contributed by atoms with Gasteiger partial charge in [-0.15, -0.1) is 0 Å². The lowest BCUT2D eigenvalue weighted by molar-refractivity contribution is -0.139. The molecular formula is C26H26N2O5. The summed E-state index contributed by atoms with van der Waals surface area (Å²) < 4.78 is 11.0. The fourth-order valence-electron chi connectivity index (χ4n) is 3.10. The average Bonchev–Trinajstić information content (AvgIpc) is 2.79. The number of oxime groups is 1. The maximum atomic E-state index is 12.9. The molecule has 0 bridgehead atoms. The quantitative estimate of drug-likeness (QED) is 0.224. The first-order valence-corrected chi connectivity index (χ1v) is 10.4. The van der Waals surface area contributed by atoms with Crippen molar-refractivity contribution in [3.05, 3.63) is 102 Å². The standard InChI is InChI=1S/C26H26N2O5/c1-26(2,3)33-25(30)27-21-16-14-18(15-17-21)22(28-31)24(29)32-23(19-10-6-4-7-11-19)20-12-8-5-9-13-20/h4-17,23,31H,1-3H3,(H,27,30)/b28-22-. The molecule has 33 heavy (non-hydrogen) atoms. The Morgan fingerprint density at radius 2 is 1.36 bits per heavy atom. The largest absolute Gasteiger partial charge is 0.448 e. The van der Waals surface area contributed by atoms with Gasteiger partial charge in [0.1, 0.15) is 5.60 Å². The van der Waals surface area contributed by atoms with Gasteiger partial charge in [-0.3, -0.25) is 5.32 Å². The van der Waals surface area contributed by atoms with Gasteiger partial charge in [-0.1, -0.05) is 78.0 Å². The number of nitrogens with zero attached hydrogens (tertiary/aromatic N) is 1. The molecule has 0 fully saturated rings. The van der Waals surface area contributed by atoms with Crippen LogP contribution in [-0.4, -0.2) is 28.6 Å². The third-order valence-electron chi connectivity index (χ3n) is 4.53. The van der Waals surface area contributed by atoms with Crippen molar-refractivity contribution in [3.63, 3.8) is 0 Å². The molecule has 0 saturated heterocycles. The maximum absolute atomic E-state index is 12.9. The van der Waals surface area contributed by atoms with E-state index in [9.17, 15) is 14.8 Å². The predicted octanol–water partition coefficient (Wildman–Crippen LogP) is 5.54. The van der Waals surface area contributed by atoms with Crippen LogP contribution in [0.3, 0.4) is 0 Å². The predicted molar refractivity (Wildman–Crippen MR) is 125 cm³/mol. The van der Waals surface area contributed by atoms with Gasteiger partial charge in [0, 0.05) is 11.3 Å². The summed E-state index contributed by atoms with van der Waals surface area (Å²) in [5.74, 6) is -0.789. The lowest BCUT2D eigenvalue weighted by atomic mass is 10.0. The monoisotopic (exact) mass is 446 g/mol. The van der Waals surface area contributed by atoms with Crippen molar-refractivity contribution in [1.29, 1.82) is 0 Å². The Kier molecular flexibility index (Phi) is 7.46. The van der Waals surface area contributed by atoms with Crippen LogP contribution in [0.4, 0.5) is 10.5 Å². The Balaban J connectivity index is 1.77. The molecule has 0 atom stereocenters. The first-order chi connectivity index (χ1) is 15.8. The number of carbonyl (C=O) groups excluding carboxylic acids is 2. The van der Waals surface area contributed by atoms with E-state index in [4.69, 9.17) is 9.47 Å². The zero-order valence-electron chi connectivity index (χ0n) is 18.7. The smallest absolute Gasteiger partial charge is 0.412 e. The number of benzene rings is 3. The highest BCUT2D eigenvalue weighted by Crippen LogP contribution is 2.26. The summed E-state index contributed by atoms with van der Waals surface area (Å²) in [6.45, 7) is 5.30. The summed E-state index contributed by atoms with van der Waals surface area (Å²) in [6, 6.07) is 24.9. The summed E-state index contributed by atoms with van der Waals surface area (Å²) >= 11 is 0. The molecule has 0 aliphatic carbocycles. The molecule has 7 nitrogen and oxygen atoms in total. The molecule has 3 aromatic carbocycles. The number of rotatable bonds is 6. The van der Waals surface area contributed by atoms with E-state index in [2.05, 4.69) is 10.5 Å². The number of hydrogen-bond donors (Lipinski definition) is 2. The Morgan fingerprint density at radius 1 is 0.848 bits per heavy atom. The molecule has 0 unspecified atom stereocenters. The molecule has 0 spiro atoms. The zero-order chi connectivity index (χ0) is 23.8. The number of nitrogens with one attached hydrogen (secondary N) is 1. The first-order valence-electron chi connectivity index (χ1n) is 10.4. The highest BCUT2D eigenvalue weighted by Gasteiger charge is 2.24. The number of hydrogen-bond acceptors (Lipinski definition) is 6. The Hall–Kier alpha value is -4.13. The average molecular weight is 447 g/mol. The van der Waals surface area contributed by atoms with E-state index in [1.54, 1.807) is 45.0 Å². The van der Waals surface area contributed by atoms with Crippen LogP contribution < -0.4 is 5.32 Å². The summed E-state index contributed by atoms with van der Waals surface area (Å²) in [5.41, 5.74) is 1.48. The minimum absolute atomic E-state index is 0.254. The van der Waals surface area contributed by atoms with Crippen LogP contribution in [-0.2, 0) is 14.3 Å². The summed E-state index contributed by atoms with van der Waals surface area (Å²) in [6.07, 6.45) is -1.27. The van der Waals surface area contributed by atoms with Crippen LogP contribution in [0.5, 0.6) is 0 Å². The van der Waals surface area contributed by atoms with Crippen LogP contribution >= 0.6 is 0 Å². The highest BCUT2D eigenvalue weighted by atomic mass is 16.6. The third-order valence-corrected chi connectivity index (χ3v) is 4.53. The molecule has 0 aliphatic heterocycles. The Labute approximate surface area is 192 Å². The van der Waals surface area contributed by atoms with Gasteiger partial charge in [-0.05, 0) is 44.0 Å². The molecule has 3 rings (SSSR count). The fraction of sp³-hybridized carbons (Fsp3) is 0.192. The first kappa shape index (κ1) is 23.5.